The molecule has 4 unspecified atom stereocenters. The molecule has 1 heterocycles. The molecule has 0 spiro atoms. The third-order valence-electron chi connectivity index (χ3n) is 4.10. The predicted molar refractivity (Wildman–Crippen MR) is 68.6 cm³/mol. The van der Waals surface area contributed by atoms with Crippen LogP contribution in [0.5, 0.6) is 0 Å². The number of aliphatic hydroxyl groups excluding tert-OH is 1. The van der Waals surface area contributed by atoms with Crippen molar-refractivity contribution in [2.75, 3.05) is 13.1 Å². The molecule has 0 aromatic rings. The monoisotopic (exact) mass is 268 g/mol. The largest absolute Gasteiger partial charge is 0.480 e. The van der Waals surface area contributed by atoms with E-state index in [1.165, 1.54) is 6.08 Å². The van der Waals surface area contributed by atoms with Gasteiger partial charge in [0.2, 0.25) is 0 Å². The van der Waals surface area contributed by atoms with Gasteiger partial charge in [-0.25, -0.2) is 9.59 Å². The molecule has 6 nitrogen and oxygen atoms in total. The number of rotatable bonds is 4. The zero-order valence-corrected chi connectivity index (χ0v) is 10.8. The SMILES string of the molecule is C=CCC(NC(=O)N1CC2CCC(O)C2C1)C(=O)O. The maximum atomic E-state index is 12.0. The van der Waals surface area contributed by atoms with E-state index < -0.39 is 12.0 Å². The van der Waals surface area contributed by atoms with Gasteiger partial charge in [-0.05, 0) is 25.2 Å². The highest BCUT2D eigenvalue weighted by molar-refractivity contribution is 5.82. The van der Waals surface area contributed by atoms with E-state index in [0.717, 1.165) is 12.8 Å². The number of hydrogen-bond acceptors (Lipinski definition) is 3. The van der Waals surface area contributed by atoms with Crippen molar-refractivity contribution in [1.82, 2.24) is 10.2 Å². The van der Waals surface area contributed by atoms with Gasteiger partial charge in [0.15, 0.2) is 0 Å². The van der Waals surface area contributed by atoms with Gasteiger partial charge in [-0.1, -0.05) is 6.08 Å². The molecule has 0 bridgehead atoms. The Bertz CT molecular complexity index is 385. The number of likely N-dealkylation sites (tertiary alicyclic amines) is 1. The van der Waals surface area contributed by atoms with Crippen LogP contribution >= 0.6 is 0 Å². The van der Waals surface area contributed by atoms with Crippen LogP contribution in [0.15, 0.2) is 12.7 Å². The molecule has 2 fully saturated rings. The summed E-state index contributed by atoms with van der Waals surface area (Å²) in [5.74, 6) is -0.565. The number of fused-ring (bicyclic) bond motifs is 1. The minimum absolute atomic E-state index is 0.147. The molecule has 2 aliphatic rings. The Morgan fingerprint density at radius 2 is 2.16 bits per heavy atom. The number of aliphatic carboxylic acids is 1. The first kappa shape index (κ1) is 13.9. The first-order chi connectivity index (χ1) is 9.02. The van der Waals surface area contributed by atoms with Gasteiger partial charge >= 0.3 is 12.0 Å². The van der Waals surface area contributed by atoms with Gasteiger partial charge < -0.3 is 20.4 Å². The number of carbonyl (C=O) groups excluding carboxylic acids is 1. The molecule has 2 rings (SSSR count). The van der Waals surface area contributed by atoms with Gasteiger partial charge in [-0.15, -0.1) is 6.58 Å². The lowest BCUT2D eigenvalue weighted by Gasteiger charge is -2.21. The zero-order valence-electron chi connectivity index (χ0n) is 10.8. The minimum Gasteiger partial charge on any atom is -0.480 e. The van der Waals surface area contributed by atoms with Crippen molar-refractivity contribution >= 4 is 12.0 Å². The summed E-state index contributed by atoms with van der Waals surface area (Å²) in [4.78, 5) is 24.6. The smallest absolute Gasteiger partial charge is 0.326 e. The van der Waals surface area contributed by atoms with Crippen LogP contribution < -0.4 is 5.32 Å². The van der Waals surface area contributed by atoms with Gasteiger partial charge in [-0.2, -0.15) is 0 Å². The lowest BCUT2D eigenvalue weighted by molar-refractivity contribution is -0.139. The van der Waals surface area contributed by atoms with E-state index in [2.05, 4.69) is 11.9 Å². The molecule has 3 N–H and O–H groups in total. The number of aliphatic hydroxyl groups is 1. The summed E-state index contributed by atoms with van der Waals surface area (Å²) in [5.41, 5.74) is 0. The average molecular weight is 268 g/mol. The van der Waals surface area contributed by atoms with E-state index in [4.69, 9.17) is 5.11 Å². The standard InChI is InChI=1S/C13H20N2O4/c1-2-3-10(12(17)18)14-13(19)15-6-8-4-5-11(16)9(8)7-15/h2,8-11,16H,1,3-7H2,(H,14,19)(H,17,18). The van der Waals surface area contributed by atoms with Crippen molar-refractivity contribution in [2.24, 2.45) is 11.8 Å². The molecule has 1 aliphatic carbocycles. The fourth-order valence-corrected chi connectivity index (χ4v) is 3.03. The molecule has 0 aromatic carbocycles. The van der Waals surface area contributed by atoms with E-state index in [1.54, 1.807) is 4.90 Å². The van der Waals surface area contributed by atoms with Crippen molar-refractivity contribution < 1.29 is 19.8 Å². The Balaban J connectivity index is 1.90. The number of carboxylic acids is 1. The third-order valence-corrected chi connectivity index (χ3v) is 4.10. The molecule has 1 saturated heterocycles. The highest BCUT2D eigenvalue weighted by Crippen LogP contribution is 2.37. The van der Waals surface area contributed by atoms with Crippen LogP contribution in [0.25, 0.3) is 0 Å². The quantitative estimate of drug-likeness (QED) is 0.645. The van der Waals surface area contributed by atoms with Crippen LogP contribution in [0.3, 0.4) is 0 Å². The van der Waals surface area contributed by atoms with Gasteiger partial charge in [0.05, 0.1) is 6.10 Å². The second kappa shape index (κ2) is 5.61. The minimum atomic E-state index is -1.06. The third kappa shape index (κ3) is 2.89. The lowest BCUT2D eigenvalue weighted by atomic mass is 10.00. The Labute approximate surface area is 112 Å². The highest BCUT2D eigenvalue weighted by Gasteiger charge is 2.43. The summed E-state index contributed by atoms with van der Waals surface area (Å²) >= 11 is 0. The highest BCUT2D eigenvalue weighted by atomic mass is 16.4. The number of nitrogens with one attached hydrogen (secondary N) is 1. The summed E-state index contributed by atoms with van der Waals surface area (Å²) < 4.78 is 0. The fraction of sp³-hybridized carbons (Fsp3) is 0.692. The number of carbonyl (C=O) groups is 2. The van der Waals surface area contributed by atoms with Crippen LogP contribution in [0.4, 0.5) is 4.79 Å². The normalized spacial score (nSPS) is 30.8. The molecule has 0 aromatic heterocycles. The first-order valence-electron chi connectivity index (χ1n) is 6.60. The topological polar surface area (TPSA) is 89.9 Å². The summed E-state index contributed by atoms with van der Waals surface area (Å²) in [5, 5.41) is 21.3. The van der Waals surface area contributed by atoms with E-state index >= 15 is 0 Å². The Morgan fingerprint density at radius 1 is 1.42 bits per heavy atom. The van der Waals surface area contributed by atoms with Crippen molar-refractivity contribution in [2.45, 2.75) is 31.4 Å². The molecule has 106 valence electrons. The molecule has 2 amide bonds. The van der Waals surface area contributed by atoms with Crippen molar-refractivity contribution in [3.63, 3.8) is 0 Å². The van der Waals surface area contributed by atoms with Crippen LogP contribution in [0.2, 0.25) is 0 Å². The first-order valence-corrected chi connectivity index (χ1v) is 6.60. The summed E-state index contributed by atoms with van der Waals surface area (Å²) in [6.07, 6.45) is 3.08. The fourth-order valence-electron chi connectivity index (χ4n) is 3.03. The van der Waals surface area contributed by atoms with Gasteiger partial charge in [-0.3, -0.25) is 0 Å². The molecule has 4 atom stereocenters. The molecular formula is C13H20N2O4. The van der Waals surface area contributed by atoms with Crippen LogP contribution in [-0.4, -0.2) is 52.3 Å². The number of nitrogens with zero attached hydrogens (tertiary/aromatic N) is 1. The molecule has 19 heavy (non-hydrogen) atoms. The van der Waals surface area contributed by atoms with Gasteiger partial charge in [0.25, 0.3) is 0 Å². The van der Waals surface area contributed by atoms with Crippen LogP contribution in [0, 0.1) is 11.8 Å². The molecular weight excluding hydrogens is 248 g/mol. The van der Waals surface area contributed by atoms with Crippen molar-refractivity contribution in [3.05, 3.63) is 12.7 Å². The molecule has 0 radical (unpaired) electrons. The van der Waals surface area contributed by atoms with E-state index in [1.807, 2.05) is 0 Å². The Hall–Kier alpha value is -1.56. The maximum Gasteiger partial charge on any atom is 0.326 e. The zero-order chi connectivity index (χ0) is 14.0. The predicted octanol–water partition coefficient (Wildman–Crippen LogP) is 0.428. The van der Waals surface area contributed by atoms with Crippen LogP contribution in [0.1, 0.15) is 19.3 Å². The van der Waals surface area contributed by atoms with Crippen molar-refractivity contribution in [3.8, 4) is 0 Å². The summed E-state index contributed by atoms with van der Waals surface area (Å²) in [6.45, 7) is 4.60. The Kier molecular flexibility index (Phi) is 4.09. The lowest BCUT2D eigenvalue weighted by Crippen LogP contribution is -2.47. The number of hydrogen-bond donors (Lipinski definition) is 3. The van der Waals surface area contributed by atoms with Gasteiger partial charge in [0.1, 0.15) is 6.04 Å². The van der Waals surface area contributed by atoms with Crippen molar-refractivity contribution in [1.29, 1.82) is 0 Å². The summed E-state index contributed by atoms with van der Waals surface area (Å²) in [6, 6.07) is -1.30. The van der Waals surface area contributed by atoms with E-state index in [-0.39, 0.29) is 24.5 Å². The second-order valence-corrected chi connectivity index (χ2v) is 5.34. The van der Waals surface area contributed by atoms with Gasteiger partial charge in [0, 0.05) is 19.0 Å². The average Bonchev–Trinajstić information content (AvgIpc) is 2.91. The number of amides is 2. The van der Waals surface area contributed by atoms with Crippen LogP contribution in [-0.2, 0) is 4.79 Å². The number of carboxylic acid groups (broad SMARTS) is 1. The second-order valence-electron chi connectivity index (χ2n) is 5.34. The number of urea groups is 1. The van der Waals surface area contributed by atoms with E-state index in [0.29, 0.717) is 19.0 Å². The molecule has 1 aliphatic heterocycles. The summed E-state index contributed by atoms with van der Waals surface area (Å²) in [7, 11) is 0. The maximum absolute atomic E-state index is 12.0. The Morgan fingerprint density at radius 3 is 2.74 bits per heavy atom. The van der Waals surface area contributed by atoms with E-state index in [9.17, 15) is 14.7 Å². The molecule has 1 saturated carbocycles. The molecule has 6 heteroatoms.